The highest BCUT2D eigenvalue weighted by atomic mass is 16.4. The lowest BCUT2D eigenvalue weighted by atomic mass is 10.1. The van der Waals surface area contributed by atoms with Crippen molar-refractivity contribution in [3.05, 3.63) is 29.8 Å². The van der Waals surface area contributed by atoms with E-state index in [2.05, 4.69) is 10.5 Å². The number of aromatic hydroxyl groups is 1. The molecule has 0 aliphatic heterocycles. The van der Waals surface area contributed by atoms with Crippen molar-refractivity contribution in [2.24, 2.45) is 5.10 Å². The van der Waals surface area contributed by atoms with Gasteiger partial charge in [0.15, 0.2) is 0 Å². The number of hydrogen-bond acceptors (Lipinski definition) is 4. The van der Waals surface area contributed by atoms with Crippen LogP contribution in [0.1, 0.15) is 37.7 Å². The van der Waals surface area contributed by atoms with Crippen LogP contribution in [-0.4, -0.2) is 28.3 Å². The second-order valence-electron chi connectivity index (χ2n) is 4.31. The Labute approximate surface area is 117 Å². The van der Waals surface area contributed by atoms with Gasteiger partial charge in [0.25, 0.3) is 0 Å². The summed E-state index contributed by atoms with van der Waals surface area (Å²) in [6.07, 6.45) is 3.71. The zero-order chi connectivity index (χ0) is 14.8. The Balaban J connectivity index is 2.20. The van der Waals surface area contributed by atoms with Gasteiger partial charge in [-0.25, -0.2) is 5.43 Å². The molecule has 108 valence electrons. The summed E-state index contributed by atoms with van der Waals surface area (Å²) in [4.78, 5) is 21.7. The van der Waals surface area contributed by atoms with Gasteiger partial charge in [-0.3, -0.25) is 9.59 Å². The van der Waals surface area contributed by atoms with Crippen LogP contribution >= 0.6 is 0 Å². The molecular weight excluding hydrogens is 260 g/mol. The zero-order valence-corrected chi connectivity index (χ0v) is 11.1. The summed E-state index contributed by atoms with van der Waals surface area (Å²) in [6.45, 7) is 0. The topological polar surface area (TPSA) is 99.0 Å². The maximum Gasteiger partial charge on any atom is 0.303 e. The molecule has 20 heavy (non-hydrogen) atoms. The molecule has 0 aliphatic carbocycles. The largest absolute Gasteiger partial charge is 0.507 e. The number of carbonyl (C=O) groups excluding carboxylic acids is 1. The van der Waals surface area contributed by atoms with E-state index in [1.165, 1.54) is 12.3 Å². The van der Waals surface area contributed by atoms with Crippen LogP contribution in [0.3, 0.4) is 0 Å². The first-order valence-corrected chi connectivity index (χ1v) is 6.41. The number of nitrogens with one attached hydrogen (secondary N) is 1. The number of phenols is 1. The Morgan fingerprint density at radius 2 is 1.85 bits per heavy atom. The van der Waals surface area contributed by atoms with Crippen molar-refractivity contribution >= 4 is 18.1 Å². The van der Waals surface area contributed by atoms with Gasteiger partial charge < -0.3 is 10.2 Å². The number of hydrogen-bond donors (Lipinski definition) is 3. The van der Waals surface area contributed by atoms with Crippen LogP contribution in [0, 0.1) is 0 Å². The number of para-hydroxylation sites is 1. The molecule has 0 fully saturated rings. The summed E-state index contributed by atoms with van der Waals surface area (Å²) in [7, 11) is 0. The van der Waals surface area contributed by atoms with Gasteiger partial charge in [0, 0.05) is 18.4 Å². The average Bonchev–Trinajstić information content (AvgIpc) is 2.40. The molecule has 0 radical (unpaired) electrons. The number of aliphatic carboxylic acids is 1. The van der Waals surface area contributed by atoms with Gasteiger partial charge in [0.2, 0.25) is 5.91 Å². The summed E-state index contributed by atoms with van der Waals surface area (Å²) in [5, 5.41) is 21.7. The highest BCUT2D eigenvalue weighted by Crippen LogP contribution is 2.12. The van der Waals surface area contributed by atoms with Crippen molar-refractivity contribution in [2.75, 3.05) is 0 Å². The van der Waals surface area contributed by atoms with E-state index in [9.17, 15) is 14.7 Å². The maximum atomic E-state index is 11.4. The minimum absolute atomic E-state index is 0.0965. The molecule has 0 bridgehead atoms. The summed E-state index contributed by atoms with van der Waals surface area (Å²) in [6, 6.07) is 6.66. The molecule has 0 heterocycles. The quantitative estimate of drug-likeness (QED) is 0.384. The molecule has 1 rings (SSSR count). The standard InChI is InChI=1S/C14H18N2O4/c17-12-7-5-4-6-11(12)10-15-16-13(18)8-2-1-3-9-14(19)20/h4-7,10,17H,1-3,8-9H2,(H,16,18)(H,19,20)/b15-10+. The van der Waals surface area contributed by atoms with Gasteiger partial charge in [-0.1, -0.05) is 18.6 Å². The Morgan fingerprint density at radius 1 is 1.15 bits per heavy atom. The summed E-state index contributed by atoms with van der Waals surface area (Å²) >= 11 is 0. The zero-order valence-electron chi connectivity index (χ0n) is 11.1. The average molecular weight is 278 g/mol. The van der Waals surface area contributed by atoms with Gasteiger partial charge in [-0.05, 0) is 25.0 Å². The molecule has 0 unspecified atom stereocenters. The van der Waals surface area contributed by atoms with E-state index in [0.717, 1.165) is 0 Å². The lowest BCUT2D eigenvalue weighted by molar-refractivity contribution is -0.137. The van der Waals surface area contributed by atoms with Gasteiger partial charge in [0.05, 0.1) is 6.21 Å². The molecule has 6 heteroatoms. The van der Waals surface area contributed by atoms with Crippen LogP contribution in [0.15, 0.2) is 29.4 Å². The predicted octanol–water partition coefficient (Wildman–Crippen LogP) is 1.88. The minimum Gasteiger partial charge on any atom is -0.507 e. The van der Waals surface area contributed by atoms with Crippen molar-refractivity contribution < 1.29 is 19.8 Å². The SMILES string of the molecule is O=C(O)CCCCCC(=O)N/N=C/c1ccccc1O. The smallest absolute Gasteiger partial charge is 0.303 e. The Morgan fingerprint density at radius 3 is 2.55 bits per heavy atom. The third-order valence-corrected chi connectivity index (χ3v) is 2.62. The first kappa shape index (κ1) is 15.7. The van der Waals surface area contributed by atoms with Crippen molar-refractivity contribution in [3.63, 3.8) is 0 Å². The molecule has 1 aromatic carbocycles. The fourth-order valence-corrected chi connectivity index (χ4v) is 1.56. The molecule has 0 saturated carbocycles. The fourth-order valence-electron chi connectivity index (χ4n) is 1.56. The Hall–Kier alpha value is -2.37. The van der Waals surface area contributed by atoms with E-state index >= 15 is 0 Å². The maximum absolute atomic E-state index is 11.4. The van der Waals surface area contributed by atoms with Crippen LogP contribution in [0.2, 0.25) is 0 Å². The molecule has 3 N–H and O–H groups in total. The number of rotatable bonds is 8. The number of hydrazone groups is 1. The van der Waals surface area contributed by atoms with E-state index in [-0.39, 0.29) is 18.1 Å². The lowest BCUT2D eigenvalue weighted by Gasteiger charge is -2.00. The van der Waals surface area contributed by atoms with Crippen LogP contribution in [0.25, 0.3) is 0 Å². The monoisotopic (exact) mass is 278 g/mol. The van der Waals surface area contributed by atoms with Crippen LogP contribution in [0.5, 0.6) is 5.75 Å². The number of carboxylic acid groups (broad SMARTS) is 1. The highest BCUT2D eigenvalue weighted by Gasteiger charge is 2.01. The van der Waals surface area contributed by atoms with Gasteiger partial charge >= 0.3 is 5.97 Å². The fraction of sp³-hybridized carbons (Fsp3) is 0.357. The van der Waals surface area contributed by atoms with Gasteiger partial charge in [-0.15, -0.1) is 0 Å². The molecule has 0 aromatic heterocycles. The molecule has 0 spiro atoms. The lowest BCUT2D eigenvalue weighted by Crippen LogP contribution is -2.16. The van der Waals surface area contributed by atoms with E-state index in [4.69, 9.17) is 5.11 Å². The van der Waals surface area contributed by atoms with Crippen molar-refractivity contribution in [2.45, 2.75) is 32.1 Å². The van der Waals surface area contributed by atoms with Crippen LogP contribution in [0.4, 0.5) is 0 Å². The predicted molar refractivity (Wildman–Crippen MR) is 74.6 cm³/mol. The first-order valence-electron chi connectivity index (χ1n) is 6.41. The van der Waals surface area contributed by atoms with Crippen LogP contribution < -0.4 is 5.43 Å². The summed E-state index contributed by atoms with van der Waals surface area (Å²) in [5.41, 5.74) is 2.88. The number of amides is 1. The third-order valence-electron chi connectivity index (χ3n) is 2.62. The van der Waals surface area contributed by atoms with E-state index in [1.54, 1.807) is 18.2 Å². The van der Waals surface area contributed by atoms with E-state index in [0.29, 0.717) is 31.2 Å². The number of carboxylic acids is 1. The van der Waals surface area contributed by atoms with Crippen molar-refractivity contribution in [1.82, 2.24) is 5.43 Å². The normalized spacial score (nSPS) is 10.6. The number of nitrogens with zero attached hydrogens (tertiary/aromatic N) is 1. The summed E-state index contributed by atoms with van der Waals surface area (Å²) in [5.74, 6) is -0.951. The Bertz CT molecular complexity index is 486. The molecule has 1 amide bonds. The van der Waals surface area contributed by atoms with E-state index in [1.807, 2.05) is 0 Å². The molecular formula is C14H18N2O4. The van der Waals surface area contributed by atoms with Crippen molar-refractivity contribution in [1.29, 1.82) is 0 Å². The number of unbranched alkanes of at least 4 members (excludes halogenated alkanes) is 2. The molecule has 0 atom stereocenters. The minimum atomic E-state index is -0.818. The molecule has 6 nitrogen and oxygen atoms in total. The number of carbonyl (C=O) groups is 2. The molecule has 0 saturated heterocycles. The molecule has 1 aromatic rings. The number of phenolic OH excluding ortho intramolecular Hbond substituents is 1. The Kier molecular flexibility index (Phi) is 6.81. The highest BCUT2D eigenvalue weighted by molar-refractivity contribution is 5.84. The third kappa shape index (κ3) is 6.53. The summed E-state index contributed by atoms with van der Waals surface area (Å²) < 4.78 is 0. The van der Waals surface area contributed by atoms with E-state index < -0.39 is 5.97 Å². The van der Waals surface area contributed by atoms with Crippen LogP contribution in [-0.2, 0) is 9.59 Å². The van der Waals surface area contributed by atoms with Gasteiger partial charge in [-0.2, -0.15) is 5.10 Å². The number of benzene rings is 1. The van der Waals surface area contributed by atoms with Crippen molar-refractivity contribution in [3.8, 4) is 5.75 Å². The first-order chi connectivity index (χ1) is 9.59. The van der Waals surface area contributed by atoms with Gasteiger partial charge in [0.1, 0.15) is 5.75 Å². The second-order valence-corrected chi connectivity index (χ2v) is 4.31. The second kappa shape index (κ2) is 8.68. The molecule has 0 aliphatic rings.